The molecule has 1 unspecified atom stereocenters. The molecule has 35 heteroatoms. The van der Waals surface area contributed by atoms with Gasteiger partial charge in [0.15, 0.2) is 0 Å². The van der Waals surface area contributed by atoms with Gasteiger partial charge in [0, 0.05) is 75.6 Å². The van der Waals surface area contributed by atoms with Gasteiger partial charge in [-0.2, -0.15) is 0 Å². The van der Waals surface area contributed by atoms with Gasteiger partial charge in [-0.3, -0.25) is 76.5 Å². The van der Waals surface area contributed by atoms with E-state index in [1.807, 2.05) is 11.8 Å². The third-order valence-corrected chi connectivity index (χ3v) is 19.8. The molecule has 0 spiro atoms. The Morgan fingerprint density at radius 1 is 0.546 bits per heavy atom. The highest BCUT2D eigenvalue weighted by Crippen LogP contribution is 2.57. The lowest BCUT2D eigenvalue weighted by Crippen LogP contribution is -2.54. The van der Waals surface area contributed by atoms with Crippen LogP contribution in [0.15, 0.2) is 75.3 Å². The van der Waals surface area contributed by atoms with Crippen LogP contribution in [0.5, 0.6) is 0 Å². The number of aromatic nitrogens is 6. The molecule has 1 aliphatic heterocycles. The number of aryl methyl sites for hydroxylation is 4. The number of carbonyl (C=O) groups excluding carboxylic acids is 10. The molecule has 108 heavy (non-hydrogen) atoms. The zero-order valence-electron chi connectivity index (χ0n) is 59.8. The van der Waals surface area contributed by atoms with Crippen LogP contribution in [0, 0.1) is 41.4 Å². The number of fused-ring (bicyclic) bond motifs is 3. The number of carboxylic acids is 4. The van der Waals surface area contributed by atoms with Gasteiger partial charge in [0.1, 0.15) is 36.3 Å². The third kappa shape index (κ3) is 24.1. The van der Waals surface area contributed by atoms with Crippen LogP contribution in [-0.2, 0) is 99.5 Å². The largest absolute Gasteiger partial charge is 0.481 e. The van der Waals surface area contributed by atoms with Crippen LogP contribution in [0.3, 0.4) is 0 Å². The molecule has 0 saturated heterocycles. The van der Waals surface area contributed by atoms with Crippen molar-refractivity contribution < 1.29 is 87.5 Å². The van der Waals surface area contributed by atoms with E-state index >= 15 is 0 Å². The number of rotatable bonds is 36. The third-order valence-electron chi connectivity index (χ3n) is 18.4. The highest BCUT2D eigenvalue weighted by Gasteiger charge is 2.39. The number of benzene rings is 2. The van der Waals surface area contributed by atoms with E-state index < -0.39 is 158 Å². The number of nitrogens with zero attached hydrogens (tertiary/aromatic N) is 6. The first-order valence-electron chi connectivity index (χ1n) is 35.4. The maximum atomic E-state index is 13.1. The van der Waals surface area contributed by atoms with Gasteiger partial charge >= 0.3 is 23.9 Å². The minimum atomic E-state index is -1.60. The second-order valence-electron chi connectivity index (χ2n) is 26.8. The van der Waals surface area contributed by atoms with Gasteiger partial charge in [0.05, 0.1) is 50.4 Å². The van der Waals surface area contributed by atoms with E-state index in [1.165, 1.54) is 67.8 Å². The summed E-state index contributed by atoms with van der Waals surface area (Å²) in [6, 6.07) is 4.65. The fourth-order valence-corrected chi connectivity index (χ4v) is 14.3. The number of nitrogens with two attached hydrogens (primary N) is 2. The standard InChI is InChI=1S/C73H88N16O18S/c1-39-30-45-17-16-44-12-4-5-13-48(44)66(45)65(39)67-49-31-42(10-6-8-28-88-37-46(84-86-88)18-24-57(90)82-53(33-63(98)99)70(104)76-35-59(92)80-51(20-26-61(94)95)72(106)78-40(2)68(74)102)14-22-55(49)108-56-23-15-43(32-50(56)67)11-7-9-29-89-38-47(85-87-89)19-25-58(91)83-54(34-64(100)101)71(105)77-36-60(93)81-52(21-27-62(96)97)73(107)79-41(3)69(75)103/h4-5,12-13,16-17,37-43,51-54H,8-9,14-15,18-36H2,1-3H3,(H2,74,102)(H2,75,103)(H,76,104)(H,77,105)(H,78,106)(H,79,107)(H,80,92)(H,81,93)(H,82,90)(H,83,91)(H,94,95)(H,96,97)(H,98,99)(H,100,101)/t39-,40+,41+,42+,43?,51+,52+,53+,54+/m1/s1. The molecule has 0 bridgehead atoms. The summed E-state index contributed by atoms with van der Waals surface area (Å²) in [5, 5.41) is 74.9. The van der Waals surface area contributed by atoms with E-state index in [0.717, 1.165) is 44.9 Å². The van der Waals surface area contributed by atoms with Crippen LogP contribution in [0.2, 0.25) is 0 Å². The molecule has 34 nitrogen and oxygen atoms in total. The van der Waals surface area contributed by atoms with Crippen molar-refractivity contribution in [2.75, 3.05) is 13.1 Å². The lowest BCUT2D eigenvalue weighted by molar-refractivity contribution is -0.141. The fraction of sp³-hybridized carbons (Fsp3) is 0.479. The van der Waals surface area contributed by atoms with Gasteiger partial charge in [0.25, 0.3) is 0 Å². The van der Waals surface area contributed by atoms with E-state index in [1.54, 1.807) is 21.8 Å². The molecule has 9 atom stereocenters. The molecule has 0 fully saturated rings. The first-order valence-corrected chi connectivity index (χ1v) is 36.2. The van der Waals surface area contributed by atoms with Crippen molar-refractivity contribution in [1.82, 2.24) is 72.5 Å². The number of carbonyl (C=O) groups is 14. The van der Waals surface area contributed by atoms with Gasteiger partial charge in [-0.1, -0.05) is 77.4 Å². The Hall–Kier alpha value is -11.7. The summed E-state index contributed by atoms with van der Waals surface area (Å²) < 4.78 is 3.24. The molecule has 2 aromatic heterocycles. The minimum Gasteiger partial charge on any atom is -0.481 e. The Balaban J connectivity index is 0.838. The van der Waals surface area contributed by atoms with Crippen LogP contribution in [0.4, 0.5) is 0 Å². The van der Waals surface area contributed by atoms with E-state index in [2.05, 4.69) is 130 Å². The molecule has 8 rings (SSSR count). The number of nitrogens with one attached hydrogen (secondary N) is 8. The molecule has 574 valence electrons. The molecule has 0 radical (unpaired) electrons. The number of thioether (sulfide) groups is 1. The first kappa shape index (κ1) is 81.9. The van der Waals surface area contributed by atoms with Crippen molar-refractivity contribution in [3.8, 4) is 23.7 Å². The number of hydrogen-bond acceptors (Lipinski definition) is 19. The summed E-state index contributed by atoms with van der Waals surface area (Å²) in [6.45, 7) is 4.15. The second kappa shape index (κ2) is 39.0. The van der Waals surface area contributed by atoms with Gasteiger partial charge in [0.2, 0.25) is 59.1 Å². The summed E-state index contributed by atoms with van der Waals surface area (Å²) in [4.78, 5) is 175. The predicted octanol–water partition coefficient (Wildman–Crippen LogP) is 0.707. The van der Waals surface area contributed by atoms with Crippen LogP contribution >= 0.6 is 11.8 Å². The Morgan fingerprint density at radius 2 is 0.991 bits per heavy atom. The Morgan fingerprint density at radius 3 is 1.43 bits per heavy atom. The van der Waals surface area contributed by atoms with Crippen molar-refractivity contribution in [1.29, 1.82) is 0 Å². The summed E-state index contributed by atoms with van der Waals surface area (Å²) in [6.07, 6.45) is 6.57. The van der Waals surface area contributed by atoms with E-state index in [9.17, 15) is 77.3 Å². The highest BCUT2D eigenvalue weighted by molar-refractivity contribution is 8.06. The van der Waals surface area contributed by atoms with E-state index in [0.29, 0.717) is 37.3 Å². The number of aliphatic carboxylic acids is 4. The average molecular weight is 1510 g/mol. The molecule has 0 saturated carbocycles. The van der Waals surface area contributed by atoms with Gasteiger partial charge in [-0.05, 0) is 132 Å². The summed E-state index contributed by atoms with van der Waals surface area (Å²) >= 11 is 1.92. The molecule has 3 aliphatic carbocycles. The van der Waals surface area contributed by atoms with Gasteiger partial charge in [-0.15, -0.1) is 22.0 Å². The number of allylic oxidation sites excluding steroid dienone is 6. The molecule has 4 aliphatic rings. The lowest BCUT2D eigenvalue weighted by Gasteiger charge is -2.37. The minimum absolute atomic E-state index is 0.0747. The second-order valence-corrected chi connectivity index (χ2v) is 28.0. The van der Waals surface area contributed by atoms with Crippen molar-refractivity contribution in [3.05, 3.63) is 97.8 Å². The van der Waals surface area contributed by atoms with Crippen LogP contribution < -0.4 is 54.0 Å². The van der Waals surface area contributed by atoms with E-state index in [-0.39, 0.29) is 56.3 Å². The SMILES string of the molecule is C[C@@H]1Cc2ccc3ccccc3c2C1=C1C2=C(CCC(C#CCCn3cc(CCC(=O)N[C@@H](CC(=O)O)C(=O)NCC(=O)N[C@@H](CCC(=O)O)C(=O)N[C@@H](C)C(N)=O)nn3)C2)SC2=C1C[C@@H](C#CCCn1cc(CCC(=O)N[C@@H](CC(=O)O)C(=O)NCC(=O)N[C@@H](CCC(=O)O)C(=O)N[C@@H](C)C(N)=O)nn1)CC2. The molecule has 10 amide bonds. The van der Waals surface area contributed by atoms with Crippen LogP contribution in [0.1, 0.15) is 146 Å². The zero-order chi connectivity index (χ0) is 78.3. The van der Waals surface area contributed by atoms with E-state index in [4.69, 9.17) is 21.7 Å². The number of hydrogen-bond donors (Lipinski definition) is 14. The number of amides is 10. The maximum absolute atomic E-state index is 13.1. The van der Waals surface area contributed by atoms with Crippen molar-refractivity contribution >= 4 is 111 Å². The monoisotopic (exact) mass is 1510 g/mol. The van der Waals surface area contributed by atoms with Crippen molar-refractivity contribution in [2.24, 2.45) is 29.2 Å². The van der Waals surface area contributed by atoms with Gasteiger partial charge in [-0.25, -0.2) is 0 Å². The predicted molar refractivity (Wildman–Crippen MR) is 387 cm³/mol. The number of carboxylic acid groups (broad SMARTS) is 4. The maximum Gasteiger partial charge on any atom is 0.305 e. The average Bonchev–Trinajstić information content (AvgIpc) is 1.52. The first-order chi connectivity index (χ1) is 51.5. The Kier molecular flexibility index (Phi) is 29.6. The van der Waals surface area contributed by atoms with Crippen molar-refractivity contribution in [2.45, 2.75) is 192 Å². The fourth-order valence-electron chi connectivity index (χ4n) is 12.9. The summed E-state index contributed by atoms with van der Waals surface area (Å²) in [5.41, 5.74) is 19.3. The molecule has 3 heterocycles. The smallest absolute Gasteiger partial charge is 0.305 e. The Bertz CT molecular complexity index is 4180. The summed E-state index contributed by atoms with van der Waals surface area (Å²) in [7, 11) is 0. The van der Waals surface area contributed by atoms with Crippen LogP contribution in [-0.4, -0.2) is 183 Å². The molecule has 2 aromatic carbocycles. The van der Waals surface area contributed by atoms with Gasteiger partial charge < -0.3 is 74.4 Å². The molecule has 16 N–H and O–H groups in total. The Labute approximate surface area is 624 Å². The zero-order valence-corrected chi connectivity index (χ0v) is 60.6. The normalized spacial score (nSPS) is 18.0. The lowest BCUT2D eigenvalue weighted by atomic mass is 9.74. The van der Waals surface area contributed by atoms with Crippen molar-refractivity contribution in [3.63, 3.8) is 0 Å². The quantitative estimate of drug-likeness (QED) is 0.0279. The molecular weight excluding hydrogens is 1420 g/mol. The molecular formula is C73H88N16O18S. The number of primary amides is 2. The van der Waals surface area contributed by atoms with Crippen LogP contribution in [0.25, 0.3) is 16.3 Å². The topological polar surface area (TPSA) is 530 Å². The highest BCUT2D eigenvalue weighted by atomic mass is 32.2. The summed E-state index contributed by atoms with van der Waals surface area (Å²) in [5.74, 6) is 0.125. The molecule has 4 aromatic rings.